The van der Waals surface area contributed by atoms with Crippen molar-refractivity contribution in [1.29, 1.82) is 0 Å². The van der Waals surface area contributed by atoms with Gasteiger partial charge in [0.1, 0.15) is 0 Å². The van der Waals surface area contributed by atoms with Gasteiger partial charge < -0.3 is 5.32 Å². The zero-order chi connectivity index (χ0) is 18.6. The first-order chi connectivity index (χ1) is 13.2. The molecule has 0 atom stereocenters. The van der Waals surface area contributed by atoms with Gasteiger partial charge in [0.2, 0.25) is 5.91 Å². The molecule has 0 fully saturated rings. The van der Waals surface area contributed by atoms with E-state index in [1.165, 1.54) is 5.56 Å². The van der Waals surface area contributed by atoms with Gasteiger partial charge in [0.05, 0.1) is 0 Å². The molecule has 1 aliphatic heterocycles. The fourth-order valence-electron chi connectivity index (χ4n) is 3.32. The average molecular weight is 375 g/mol. The van der Waals surface area contributed by atoms with Crippen molar-refractivity contribution in [1.82, 2.24) is 4.98 Å². The second-order valence-electron chi connectivity index (χ2n) is 6.65. The Morgan fingerprint density at radius 1 is 1.11 bits per heavy atom. The molecule has 27 heavy (non-hydrogen) atoms. The molecular weight excluding hydrogens is 356 g/mol. The van der Waals surface area contributed by atoms with Crippen molar-refractivity contribution in [2.24, 2.45) is 0 Å². The number of allylic oxidation sites excluding steroid dienone is 1. The number of fused-ring (bicyclic) bond motifs is 1. The zero-order valence-corrected chi connectivity index (χ0v) is 15.5. The van der Waals surface area contributed by atoms with Crippen molar-refractivity contribution >= 4 is 34.8 Å². The molecule has 0 unspecified atom stereocenters. The van der Waals surface area contributed by atoms with Crippen molar-refractivity contribution in [3.8, 4) is 0 Å². The third-order valence-corrected chi connectivity index (χ3v) is 5.07. The van der Waals surface area contributed by atoms with E-state index in [9.17, 15) is 4.79 Å². The molecule has 2 aromatic carbocycles. The summed E-state index contributed by atoms with van der Waals surface area (Å²) < 4.78 is 0. The van der Waals surface area contributed by atoms with Crippen molar-refractivity contribution in [3.05, 3.63) is 94.3 Å². The van der Waals surface area contributed by atoms with Crippen LogP contribution >= 0.6 is 11.6 Å². The van der Waals surface area contributed by atoms with E-state index in [1.54, 1.807) is 6.20 Å². The van der Waals surface area contributed by atoms with Crippen LogP contribution in [-0.4, -0.2) is 10.9 Å². The van der Waals surface area contributed by atoms with E-state index in [0.717, 1.165) is 45.8 Å². The summed E-state index contributed by atoms with van der Waals surface area (Å²) in [6.45, 7) is 0. The number of carbonyl (C=O) groups excluding carboxylic acids is 1. The molecule has 0 saturated heterocycles. The van der Waals surface area contributed by atoms with E-state index in [2.05, 4.69) is 34.6 Å². The number of anilines is 1. The van der Waals surface area contributed by atoms with Crippen LogP contribution in [-0.2, 0) is 17.6 Å². The van der Waals surface area contributed by atoms with E-state index in [-0.39, 0.29) is 5.91 Å². The van der Waals surface area contributed by atoms with E-state index in [1.807, 2.05) is 42.6 Å². The zero-order valence-electron chi connectivity index (χ0n) is 14.8. The second kappa shape index (κ2) is 7.77. The van der Waals surface area contributed by atoms with E-state index in [0.29, 0.717) is 6.42 Å². The van der Waals surface area contributed by atoms with Gasteiger partial charge in [0.15, 0.2) is 0 Å². The number of aromatic nitrogens is 1. The fraction of sp³-hybridized carbons (Fsp3) is 0.130. The molecule has 1 aromatic heterocycles. The van der Waals surface area contributed by atoms with Gasteiger partial charge in [-0.1, -0.05) is 41.9 Å². The molecule has 1 N–H and O–H groups in total. The highest BCUT2D eigenvalue weighted by Gasteiger charge is 2.16. The third kappa shape index (κ3) is 4.09. The predicted molar refractivity (Wildman–Crippen MR) is 111 cm³/mol. The number of amides is 1. The average Bonchev–Trinajstić information content (AvgIpc) is 2.69. The van der Waals surface area contributed by atoms with Crippen LogP contribution in [0.4, 0.5) is 5.69 Å². The monoisotopic (exact) mass is 374 g/mol. The number of aryl methyl sites for hydroxylation is 1. The Labute approximate surface area is 163 Å². The first-order valence-electron chi connectivity index (χ1n) is 8.96. The molecule has 3 aromatic rings. The van der Waals surface area contributed by atoms with Crippen molar-refractivity contribution in [2.75, 3.05) is 5.32 Å². The van der Waals surface area contributed by atoms with Gasteiger partial charge in [0.25, 0.3) is 0 Å². The van der Waals surface area contributed by atoms with Crippen molar-refractivity contribution in [3.63, 3.8) is 0 Å². The van der Waals surface area contributed by atoms with Crippen molar-refractivity contribution < 1.29 is 4.79 Å². The van der Waals surface area contributed by atoms with Crippen LogP contribution in [0, 0.1) is 0 Å². The number of carbonyl (C=O) groups is 1. The number of rotatable bonds is 4. The molecule has 0 aliphatic carbocycles. The topological polar surface area (TPSA) is 42.0 Å². The first kappa shape index (κ1) is 17.5. The Hall–Kier alpha value is -2.91. The molecule has 4 rings (SSSR count). The molecule has 3 nitrogen and oxygen atoms in total. The molecule has 0 saturated carbocycles. The van der Waals surface area contributed by atoms with Crippen LogP contribution in [0.1, 0.15) is 28.7 Å². The summed E-state index contributed by atoms with van der Waals surface area (Å²) in [5.74, 6) is 0.0810. The highest BCUT2D eigenvalue weighted by atomic mass is 35.5. The highest BCUT2D eigenvalue weighted by Crippen LogP contribution is 2.30. The van der Waals surface area contributed by atoms with Crippen LogP contribution in [0.25, 0.3) is 11.6 Å². The number of nitrogens with zero attached hydrogens (tertiary/aromatic N) is 1. The fourth-order valence-corrected chi connectivity index (χ4v) is 3.51. The second-order valence-corrected chi connectivity index (χ2v) is 7.06. The first-order valence-corrected chi connectivity index (χ1v) is 9.34. The quantitative estimate of drug-likeness (QED) is 0.621. The maximum absolute atomic E-state index is 11.6. The van der Waals surface area contributed by atoms with Crippen LogP contribution < -0.4 is 5.32 Å². The largest absolute Gasteiger partial charge is 0.326 e. The smallest absolute Gasteiger partial charge is 0.224 e. The molecule has 0 radical (unpaired) electrons. The summed E-state index contributed by atoms with van der Waals surface area (Å²) in [5, 5.41) is 3.67. The Bertz CT molecular complexity index is 1010. The van der Waals surface area contributed by atoms with E-state index >= 15 is 0 Å². The maximum atomic E-state index is 11.6. The minimum atomic E-state index is 0.0810. The number of hydrogen-bond acceptors (Lipinski definition) is 2. The van der Waals surface area contributed by atoms with Crippen LogP contribution in [0.2, 0.25) is 5.02 Å². The number of hydrogen-bond donors (Lipinski definition) is 1. The minimum absolute atomic E-state index is 0.0810. The Kier molecular flexibility index (Phi) is 5.03. The Morgan fingerprint density at radius 3 is 2.81 bits per heavy atom. The standard InChI is InChI=1S/C23H19ClN2O/c24-21-6-2-1-5-18(21)14-20(12-16-4-3-11-25-15-16)17-7-9-22-19(13-17)8-10-23(27)26-22/h1-7,9,11,13-15H,8,10,12H2,(H,26,27). The van der Waals surface area contributed by atoms with Crippen LogP contribution in [0.15, 0.2) is 67.0 Å². The number of pyridine rings is 1. The third-order valence-electron chi connectivity index (χ3n) is 4.72. The van der Waals surface area contributed by atoms with E-state index in [4.69, 9.17) is 11.6 Å². The summed E-state index contributed by atoms with van der Waals surface area (Å²) in [7, 11) is 0. The lowest BCUT2D eigenvalue weighted by Crippen LogP contribution is -2.18. The molecule has 4 heteroatoms. The van der Waals surface area contributed by atoms with Gasteiger partial charge in [-0.15, -0.1) is 0 Å². The molecule has 0 spiro atoms. The molecule has 1 amide bonds. The van der Waals surface area contributed by atoms with Gasteiger partial charge in [-0.2, -0.15) is 0 Å². The van der Waals surface area contributed by atoms with Gasteiger partial charge in [-0.3, -0.25) is 9.78 Å². The lowest BCUT2D eigenvalue weighted by atomic mass is 9.93. The van der Waals surface area contributed by atoms with Crippen LogP contribution in [0.3, 0.4) is 0 Å². The number of benzene rings is 2. The predicted octanol–water partition coefficient (Wildman–Crippen LogP) is 5.40. The molecule has 1 aliphatic rings. The molecular formula is C23H19ClN2O. The summed E-state index contributed by atoms with van der Waals surface area (Å²) in [4.78, 5) is 15.9. The summed E-state index contributed by atoms with van der Waals surface area (Å²) in [6.07, 6.45) is 7.86. The van der Waals surface area contributed by atoms with Gasteiger partial charge in [-0.05, 0) is 71.0 Å². The van der Waals surface area contributed by atoms with Gasteiger partial charge >= 0.3 is 0 Å². The minimum Gasteiger partial charge on any atom is -0.326 e. The van der Waals surface area contributed by atoms with Gasteiger partial charge in [0, 0.05) is 29.5 Å². The normalized spacial score (nSPS) is 13.8. The molecule has 0 bridgehead atoms. The maximum Gasteiger partial charge on any atom is 0.224 e. The van der Waals surface area contributed by atoms with Crippen molar-refractivity contribution in [2.45, 2.75) is 19.3 Å². The Balaban J connectivity index is 1.76. The number of halogens is 1. The number of nitrogens with one attached hydrogen (secondary N) is 1. The summed E-state index contributed by atoms with van der Waals surface area (Å²) >= 11 is 6.39. The highest BCUT2D eigenvalue weighted by molar-refractivity contribution is 6.32. The van der Waals surface area contributed by atoms with Gasteiger partial charge in [-0.25, -0.2) is 0 Å². The SMILES string of the molecule is O=C1CCc2cc(C(=Cc3ccccc3Cl)Cc3cccnc3)ccc2N1. The lowest BCUT2D eigenvalue weighted by Gasteiger charge is -2.19. The summed E-state index contributed by atoms with van der Waals surface area (Å²) in [5.41, 5.74) is 6.51. The molecule has 134 valence electrons. The van der Waals surface area contributed by atoms with E-state index < -0.39 is 0 Å². The van der Waals surface area contributed by atoms with Crippen LogP contribution in [0.5, 0.6) is 0 Å². The summed E-state index contributed by atoms with van der Waals surface area (Å²) in [6, 6.07) is 18.1. The molecule has 2 heterocycles. The lowest BCUT2D eigenvalue weighted by molar-refractivity contribution is -0.116. The Morgan fingerprint density at radius 2 is 2.00 bits per heavy atom.